The summed E-state index contributed by atoms with van der Waals surface area (Å²) in [5, 5.41) is 4.17. The minimum atomic E-state index is -0.754. The van der Waals surface area contributed by atoms with Crippen LogP contribution in [0.3, 0.4) is 0 Å². The Balaban J connectivity index is 2.77. The van der Waals surface area contributed by atoms with Gasteiger partial charge in [-0.1, -0.05) is 0 Å². The van der Waals surface area contributed by atoms with E-state index in [1.807, 2.05) is 5.32 Å². The molecule has 2 N–H and O–H groups in total. The fourth-order valence-corrected chi connectivity index (χ4v) is 1.98. The van der Waals surface area contributed by atoms with E-state index in [0.29, 0.717) is 16.0 Å². The maximum Gasteiger partial charge on any atom is 0.338 e. The second-order valence-electron chi connectivity index (χ2n) is 3.90. The van der Waals surface area contributed by atoms with E-state index in [2.05, 4.69) is 21.2 Å². The number of methoxy groups -OCH3 is 2. The van der Waals surface area contributed by atoms with Gasteiger partial charge in [0.1, 0.15) is 16.0 Å². The van der Waals surface area contributed by atoms with Gasteiger partial charge in [-0.15, -0.1) is 0 Å². The summed E-state index contributed by atoms with van der Waals surface area (Å²) in [6.45, 7) is -0.590. The molecule has 1 aromatic carbocycles. The fraction of sp³-hybridized carbons (Fsp3) is 0.308. The molecule has 120 valence electrons. The molecular formula is C13H15BrN2O6. The van der Waals surface area contributed by atoms with E-state index in [1.165, 1.54) is 33.4 Å². The Bertz CT molecular complexity index is 565. The molecule has 3 amide bonds. The lowest BCUT2D eigenvalue weighted by Crippen LogP contribution is -2.39. The average molecular weight is 375 g/mol. The first kappa shape index (κ1) is 17.8. The maximum absolute atomic E-state index is 11.9. The van der Waals surface area contributed by atoms with Crippen molar-refractivity contribution in [2.24, 2.45) is 0 Å². The molecule has 0 saturated heterocycles. The molecule has 0 heterocycles. The second-order valence-corrected chi connectivity index (χ2v) is 4.69. The van der Waals surface area contributed by atoms with Crippen LogP contribution >= 0.6 is 15.9 Å². The molecule has 0 atom stereocenters. The van der Waals surface area contributed by atoms with Crippen molar-refractivity contribution in [3.8, 4) is 11.5 Å². The van der Waals surface area contributed by atoms with E-state index in [4.69, 9.17) is 14.2 Å². The highest BCUT2D eigenvalue weighted by atomic mass is 79.9. The molecule has 1 rings (SSSR count). The van der Waals surface area contributed by atoms with Crippen LogP contribution in [0, 0.1) is 0 Å². The standard InChI is InChI=1S/C13H15BrN2O6/c1-15-13(19)16-10(17)6-22-12(18)7-4-8(20-2)11(14)9(5-7)21-3/h4-5H,6H2,1-3H3,(H2,15,16,17,19). The van der Waals surface area contributed by atoms with E-state index in [9.17, 15) is 14.4 Å². The normalized spacial score (nSPS) is 9.64. The molecule has 0 spiro atoms. The van der Waals surface area contributed by atoms with Crippen molar-refractivity contribution in [1.29, 1.82) is 0 Å². The zero-order valence-electron chi connectivity index (χ0n) is 12.2. The van der Waals surface area contributed by atoms with Gasteiger partial charge in [0.15, 0.2) is 6.61 Å². The van der Waals surface area contributed by atoms with Gasteiger partial charge >= 0.3 is 12.0 Å². The third-order valence-corrected chi connectivity index (χ3v) is 3.28. The van der Waals surface area contributed by atoms with Crippen molar-refractivity contribution >= 4 is 33.8 Å². The summed E-state index contributed by atoms with van der Waals surface area (Å²) in [4.78, 5) is 34.2. The van der Waals surface area contributed by atoms with Crippen molar-refractivity contribution in [2.45, 2.75) is 0 Å². The Morgan fingerprint density at radius 1 is 1.14 bits per heavy atom. The number of amides is 3. The number of urea groups is 1. The number of nitrogens with one attached hydrogen (secondary N) is 2. The molecular weight excluding hydrogens is 360 g/mol. The Hall–Kier alpha value is -2.29. The smallest absolute Gasteiger partial charge is 0.338 e. The fourth-order valence-electron chi connectivity index (χ4n) is 1.43. The number of carbonyl (C=O) groups is 3. The first-order valence-corrected chi connectivity index (χ1v) is 6.82. The van der Waals surface area contributed by atoms with Crippen LogP contribution in [0.4, 0.5) is 4.79 Å². The lowest BCUT2D eigenvalue weighted by atomic mass is 10.2. The number of benzene rings is 1. The van der Waals surface area contributed by atoms with Gasteiger partial charge in [-0.2, -0.15) is 0 Å². The van der Waals surface area contributed by atoms with Crippen LogP contribution in [0.1, 0.15) is 10.4 Å². The number of hydrogen-bond donors (Lipinski definition) is 2. The predicted molar refractivity (Wildman–Crippen MR) is 80.1 cm³/mol. The Kier molecular flexibility index (Phi) is 6.64. The molecule has 0 aliphatic rings. The summed E-state index contributed by atoms with van der Waals surface area (Å²) < 4.78 is 15.6. The van der Waals surface area contributed by atoms with E-state index in [1.54, 1.807) is 0 Å². The van der Waals surface area contributed by atoms with Crippen molar-refractivity contribution in [3.05, 3.63) is 22.2 Å². The zero-order chi connectivity index (χ0) is 16.7. The van der Waals surface area contributed by atoms with Gasteiger partial charge in [-0.25, -0.2) is 9.59 Å². The summed E-state index contributed by atoms with van der Waals surface area (Å²) in [6.07, 6.45) is 0. The molecule has 8 nitrogen and oxygen atoms in total. The SMILES string of the molecule is CNC(=O)NC(=O)COC(=O)c1cc(OC)c(Br)c(OC)c1. The Labute approximate surface area is 135 Å². The highest BCUT2D eigenvalue weighted by Gasteiger charge is 2.17. The molecule has 0 bridgehead atoms. The number of hydrogen-bond acceptors (Lipinski definition) is 6. The number of esters is 1. The topological polar surface area (TPSA) is 103 Å². The van der Waals surface area contributed by atoms with Gasteiger partial charge in [0.25, 0.3) is 5.91 Å². The summed E-state index contributed by atoms with van der Waals surface area (Å²) in [6, 6.07) is 2.19. The van der Waals surface area contributed by atoms with Crippen LogP contribution in [0.25, 0.3) is 0 Å². The van der Waals surface area contributed by atoms with Crippen LogP contribution in [-0.2, 0) is 9.53 Å². The highest BCUT2D eigenvalue weighted by molar-refractivity contribution is 9.10. The van der Waals surface area contributed by atoms with Gasteiger partial charge in [0.2, 0.25) is 0 Å². The monoisotopic (exact) mass is 374 g/mol. The molecule has 0 aliphatic carbocycles. The lowest BCUT2D eigenvalue weighted by Gasteiger charge is -2.11. The third kappa shape index (κ3) is 4.62. The molecule has 1 aromatic rings. The molecule has 0 saturated carbocycles. The van der Waals surface area contributed by atoms with Crippen molar-refractivity contribution in [2.75, 3.05) is 27.9 Å². The van der Waals surface area contributed by atoms with E-state index in [-0.39, 0.29) is 5.56 Å². The molecule has 22 heavy (non-hydrogen) atoms. The quantitative estimate of drug-likeness (QED) is 0.747. The zero-order valence-corrected chi connectivity index (χ0v) is 13.8. The van der Waals surface area contributed by atoms with Crippen LogP contribution in [0.2, 0.25) is 0 Å². The summed E-state index contributed by atoms with van der Waals surface area (Å²) in [5.74, 6) is -0.748. The average Bonchev–Trinajstić information content (AvgIpc) is 2.52. The highest BCUT2D eigenvalue weighted by Crippen LogP contribution is 2.35. The first-order chi connectivity index (χ1) is 10.4. The lowest BCUT2D eigenvalue weighted by molar-refractivity contribution is -0.123. The molecule has 0 aromatic heterocycles. The number of carbonyl (C=O) groups excluding carboxylic acids is 3. The van der Waals surface area contributed by atoms with E-state index < -0.39 is 24.5 Å². The molecule has 0 fully saturated rings. The third-order valence-electron chi connectivity index (χ3n) is 2.50. The van der Waals surface area contributed by atoms with Crippen molar-refractivity contribution in [1.82, 2.24) is 10.6 Å². The second kappa shape index (κ2) is 8.23. The Morgan fingerprint density at radius 3 is 2.14 bits per heavy atom. The largest absolute Gasteiger partial charge is 0.495 e. The van der Waals surface area contributed by atoms with Gasteiger partial charge in [-0.3, -0.25) is 10.1 Å². The minimum absolute atomic E-state index is 0.143. The van der Waals surface area contributed by atoms with E-state index >= 15 is 0 Å². The van der Waals surface area contributed by atoms with Gasteiger partial charge in [-0.05, 0) is 28.1 Å². The van der Waals surface area contributed by atoms with Gasteiger partial charge in [0, 0.05) is 7.05 Å². The number of ether oxygens (including phenoxy) is 3. The molecule has 0 radical (unpaired) electrons. The van der Waals surface area contributed by atoms with Gasteiger partial charge < -0.3 is 19.5 Å². The first-order valence-electron chi connectivity index (χ1n) is 6.03. The van der Waals surface area contributed by atoms with Crippen LogP contribution in [-0.4, -0.2) is 45.8 Å². The van der Waals surface area contributed by atoms with Gasteiger partial charge in [0.05, 0.1) is 19.8 Å². The Morgan fingerprint density at radius 2 is 1.68 bits per heavy atom. The molecule has 0 unspecified atom stereocenters. The molecule has 0 aliphatic heterocycles. The van der Waals surface area contributed by atoms with Crippen LogP contribution in [0.5, 0.6) is 11.5 Å². The van der Waals surface area contributed by atoms with E-state index in [0.717, 1.165) is 0 Å². The summed E-state index contributed by atoms with van der Waals surface area (Å²) >= 11 is 3.27. The molecule has 9 heteroatoms. The van der Waals surface area contributed by atoms with Crippen LogP contribution < -0.4 is 20.1 Å². The summed E-state index contributed by atoms with van der Waals surface area (Å²) in [5.41, 5.74) is 0.143. The van der Waals surface area contributed by atoms with Crippen molar-refractivity contribution in [3.63, 3.8) is 0 Å². The maximum atomic E-state index is 11.9. The van der Waals surface area contributed by atoms with Crippen LogP contribution in [0.15, 0.2) is 16.6 Å². The predicted octanol–water partition coefficient (Wildman–Crippen LogP) is 1.08. The number of rotatable bonds is 5. The van der Waals surface area contributed by atoms with Crippen molar-refractivity contribution < 1.29 is 28.6 Å². The number of halogens is 1. The number of imide groups is 1. The minimum Gasteiger partial charge on any atom is -0.495 e. The summed E-state index contributed by atoms with van der Waals surface area (Å²) in [7, 11) is 4.23.